The van der Waals surface area contributed by atoms with Gasteiger partial charge in [0.05, 0.1) is 5.69 Å². The third kappa shape index (κ3) is 4.09. The second kappa shape index (κ2) is 6.40. The molecule has 1 heterocycles. The van der Waals surface area contributed by atoms with Crippen LogP contribution >= 0.6 is 0 Å². The molecule has 0 atom stereocenters. The lowest BCUT2D eigenvalue weighted by Crippen LogP contribution is -2.28. The van der Waals surface area contributed by atoms with Gasteiger partial charge in [-0.25, -0.2) is 4.99 Å². The highest BCUT2D eigenvalue weighted by atomic mass is 16.4. The number of nitrogens with one attached hydrogen (secondary N) is 2. The van der Waals surface area contributed by atoms with Crippen LogP contribution in [0.25, 0.3) is 0 Å². The van der Waals surface area contributed by atoms with E-state index in [1.54, 1.807) is 6.92 Å². The first-order chi connectivity index (χ1) is 10.8. The number of carbonyl (C=O) groups is 1. The van der Waals surface area contributed by atoms with Crippen molar-refractivity contribution < 1.29 is 9.21 Å². The molecule has 6 nitrogen and oxygen atoms in total. The Balaban J connectivity index is 2.27. The van der Waals surface area contributed by atoms with Crippen LogP contribution < -0.4 is 10.6 Å². The Bertz CT molecular complexity index is 689. The number of aromatic nitrogens is 1. The fourth-order valence-electron chi connectivity index (χ4n) is 2.31. The largest absolute Gasteiger partial charge is 0.432 e. The minimum atomic E-state index is -0.270. The summed E-state index contributed by atoms with van der Waals surface area (Å²) in [7, 11) is 0. The maximum Gasteiger partial charge on any atom is 0.301 e. The highest BCUT2D eigenvalue weighted by molar-refractivity contribution is 6.06. The number of carbonyl (C=O) groups excluding carboxylic acids is 1. The Labute approximate surface area is 136 Å². The van der Waals surface area contributed by atoms with Crippen molar-refractivity contribution >= 4 is 18.6 Å². The van der Waals surface area contributed by atoms with E-state index in [0.717, 1.165) is 24.0 Å². The fraction of sp³-hybridized carbons (Fsp3) is 0.471. The number of hydrogen-bond donors (Lipinski definition) is 2. The average molecular weight is 316 g/mol. The van der Waals surface area contributed by atoms with Gasteiger partial charge >= 0.3 is 6.01 Å². The summed E-state index contributed by atoms with van der Waals surface area (Å²) in [5.41, 5.74) is 2.96. The molecular weight excluding hydrogens is 292 g/mol. The van der Waals surface area contributed by atoms with Gasteiger partial charge in [-0.1, -0.05) is 5.57 Å². The molecule has 2 rings (SSSR count). The Morgan fingerprint density at radius 2 is 2.04 bits per heavy atom. The Kier molecular flexibility index (Phi) is 4.73. The van der Waals surface area contributed by atoms with Crippen molar-refractivity contribution in [3.8, 4) is 0 Å². The van der Waals surface area contributed by atoms with Crippen LogP contribution in [0.5, 0.6) is 0 Å². The first kappa shape index (κ1) is 17.0. The Morgan fingerprint density at radius 3 is 2.48 bits per heavy atom. The van der Waals surface area contributed by atoms with E-state index >= 15 is 0 Å². The van der Waals surface area contributed by atoms with E-state index in [2.05, 4.69) is 34.3 Å². The van der Waals surface area contributed by atoms with Crippen molar-refractivity contribution in [2.24, 2.45) is 4.99 Å². The molecule has 0 spiro atoms. The zero-order valence-corrected chi connectivity index (χ0v) is 14.4. The predicted octanol–water partition coefficient (Wildman–Crippen LogP) is 3.33. The van der Waals surface area contributed by atoms with E-state index in [-0.39, 0.29) is 17.5 Å². The normalized spacial score (nSPS) is 16.2. The molecule has 0 saturated heterocycles. The van der Waals surface area contributed by atoms with Crippen LogP contribution in [0.4, 0.5) is 6.01 Å². The summed E-state index contributed by atoms with van der Waals surface area (Å²) >= 11 is 0. The molecular formula is C17H24N4O2. The molecule has 0 radical (unpaired) electrons. The predicted molar refractivity (Wildman–Crippen MR) is 91.3 cm³/mol. The van der Waals surface area contributed by atoms with Crippen LogP contribution in [-0.4, -0.2) is 23.1 Å². The van der Waals surface area contributed by atoms with E-state index < -0.39 is 0 Å². The molecule has 1 aliphatic carbocycles. The third-order valence-corrected chi connectivity index (χ3v) is 3.88. The standard InChI is InChI=1S/C17H24N4O2/c1-10(2)13(15(22)20-16-19-11(3)9-23-16)12(4)14(18-6)21-17(5)7-8-17/h9,21H,6-8H2,1-5H3,(H,19,20,22)/b14-12-. The molecule has 1 aliphatic rings. The highest BCUT2D eigenvalue weighted by Crippen LogP contribution is 2.36. The lowest BCUT2D eigenvalue weighted by Gasteiger charge is -2.18. The maximum atomic E-state index is 12.6. The van der Waals surface area contributed by atoms with Crippen molar-refractivity contribution in [3.05, 3.63) is 34.5 Å². The summed E-state index contributed by atoms with van der Waals surface area (Å²) < 4.78 is 5.19. The quantitative estimate of drug-likeness (QED) is 0.479. The molecule has 1 fully saturated rings. The second-order valence-electron chi connectivity index (χ2n) is 6.44. The molecule has 0 unspecified atom stereocenters. The molecule has 6 heteroatoms. The number of anilines is 1. The zero-order valence-electron chi connectivity index (χ0n) is 14.4. The van der Waals surface area contributed by atoms with Gasteiger partial charge in [0.2, 0.25) is 0 Å². The summed E-state index contributed by atoms with van der Waals surface area (Å²) in [6, 6.07) is 0.189. The number of amides is 1. The van der Waals surface area contributed by atoms with Crippen molar-refractivity contribution in [3.63, 3.8) is 0 Å². The monoisotopic (exact) mass is 316 g/mol. The lowest BCUT2D eigenvalue weighted by atomic mass is 10.0. The topological polar surface area (TPSA) is 79.5 Å². The number of allylic oxidation sites excluding steroid dienone is 1. The van der Waals surface area contributed by atoms with Crippen LogP contribution in [-0.2, 0) is 4.79 Å². The molecule has 1 aromatic rings. The van der Waals surface area contributed by atoms with E-state index in [0.29, 0.717) is 17.1 Å². The number of rotatable bonds is 6. The van der Waals surface area contributed by atoms with Crippen molar-refractivity contribution in [1.82, 2.24) is 10.3 Å². The Morgan fingerprint density at radius 1 is 1.39 bits per heavy atom. The molecule has 23 heavy (non-hydrogen) atoms. The smallest absolute Gasteiger partial charge is 0.301 e. The van der Waals surface area contributed by atoms with Gasteiger partial charge in [-0.05, 0) is 54.2 Å². The van der Waals surface area contributed by atoms with Gasteiger partial charge in [0.25, 0.3) is 5.91 Å². The summed E-state index contributed by atoms with van der Waals surface area (Å²) in [6.07, 6.45) is 3.67. The van der Waals surface area contributed by atoms with Gasteiger partial charge < -0.3 is 9.73 Å². The summed E-state index contributed by atoms with van der Waals surface area (Å²) in [5.74, 6) is 0.369. The highest BCUT2D eigenvalue weighted by Gasteiger charge is 2.38. The van der Waals surface area contributed by atoms with Crippen molar-refractivity contribution in [2.45, 2.75) is 53.0 Å². The first-order valence-corrected chi connectivity index (χ1v) is 7.63. The average Bonchev–Trinajstić information content (AvgIpc) is 3.05. The van der Waals surface area contributed by atoms with Gasteiger partial charge in [0.15, 0.2) is 0 Å². The SMILES string of the molecule is C=N/C(NC1(C)CC1)=C(\C)C(C(=O)Nc1nc(C)co1)=C(C)C. The van der Waals surface area contributed by atoms with E-state index in [9.17, 15) is 4.79 Å². The molecule has 1 aromatic heterocycles. The van der Waals surface area contributed by atoms with Gasteiger partial charge in [-0.2, -0.15) is 4.98 Å². The number of oxazole rings is 1. The molecule has 0 aromatic carbocycles. The number of hydrogen-bond acceptors (Lipinski definition) is 5. The Hall–Kier alpha value is -2.37. The van der Waals surface area contributed by atoms with Crippen molar-refractivity contribution in [1.29, 1.82) is 0 Å². The summed E-state index contributed by atoms with van der Waals surface area (Å²) in [5, 5.41) is 6.06. The van der Waals surface area contributed by atoms with E-state index in [1.807, 2.05) is 20.8 Å². The van der Waals surface area contributed by atoms with Crippen molar-refractivity contribution in [2.75, 3.05) is 5.32 Å². The fourth-order valence-corrected chi connectivity index (χ4v) is 2.31. The van der Waals surface area contributed by atoms with Crippen LogP contribution in [0.3, 0.4) is 0 Å². The van der Waals surface area contributed by atoms with E-state index in [4.69, 9.17) is 4.42 Å². The number of nitrogens with zero attached hydrogens (tertiary/aromatic N) is 2. The maximum absolute atomic E-state index is 12.6. The van der Waals surface area contributed by atoms with Gasteiger partial charge in [0.1, 0.15) is 12.1 Å². The van der Waals surface area contributed by atoms with Crippen LogP contribution in [0.15, 0.2) is 38.2 Å². The van der Waals surface area contributed by atoms with Gasteiger partial charge in [-0.15, -0.1) is 0 Å². The molecule has 1 amide bonds. The molecule has 1 saturated carbocycles. The minimum Gasteiger partial charge on any atom is -0.432 e. The van der Waals surface area contributed by atoms with Gasteiger partial charge in [0, 0.05) is 16.7 Å². The zero-order chi connectivity index (χ0) is 17.2. The number of aliphatic imine (C=N–C) groups is 1. The van der Waals surface area contributed by atoms with Gasteiger partial charge in [-0.3, -0.25) is 10.1 Å². The van der Waals surface area contributed by atoms with Crippen LogP contribution in [0.1, 0.15) is 46.2 Å². The van der Waals surface area contributed by atoms with Crippen LogP contribution in [0.2, 0.25) is 0 Å². The molecule has 2 N–H and O–H groups in total. The summed E-state index contributed by atoms with van der Waals surface area (Å²) in [4.78, 5) is 20.8. The molecule has 124 valence electrons. The van der Waals surface area contributed by atoms with E-state index in [1.165, 1.54) is 6.26 Å². The third-order valence-electron chi connectivity index (χ3n) is 3.88. The minimum absolute atomic E-state index is 0.0562. The molecule has 0 bridgehead atoms. The lowest BCUT2D eigenvalue weighted by molar-refractivity contribution is -0.112. The summed E-state index contributed by atoms with van der Waals surface area (Å²) in [6.45, 7) is 13.2. The first-order valence-electron chi connectivity index (χ1n) is 7.63. The number of aryl methyl sites for hydroxylation is 1. The van der Waals surface area contributed by atoms with Crippen LogP contribution in [0, 0.1) is 6.92 Å². The molecule has 0 aliphatic heterocycles. The second-order valence-corrected chi connectivity index (χ2v) is 6.44.